The number of piperidine rings is 1. The average Bonchev–Trinajstić information content (AvgIpc) is 2.95. The lowest BCUT2D eigenvalue weighted by Crippen LogP contribution is -2.59. The summed E-state index contributed by atoms with van der Waals surface area (Å²) in [5.41, 5.74) is 1.88. The van der Waals surface area contributed by atoms with Crippen LogP contribution in [0, 0.1) is 24.7 Å². The van der Waals surface area contributed by atoms with E-state index in [9.17, 15) is 4.79 Å². The zero-order valence-electron chi connectivity index (χ0n) is 15.9. The summed E-state index contributed by atoms with van der Waals surface area (Å²) in [6.07, 6.45) is 11.5. The van der Waals surface area contributed by atoms with Gasteiger partial charge in [-0.3, -0.25) is 9.69 Å². The first kappa shape index (κ1) is 16.8. The van der Waals surface area contributed by atoms with E-state index in [-0.39, 0.29) is 11.4 Å². The summed E-state index contributed by atoms with van der Waals surface area (Å²) in [4.78, 5) is 15.6. The molecule has 2 heterocycles. The quantitative estimate of drug-likeness (QED) is 0.893. The Bertz CT molecular complexity index is 654. The second kappa shape index (κ2) is 6.36. The number of aromatic nitrogens is 1. The predicted molar refractivity (Wildman–Crippen MR) is 98.7 cm³/mol. The van der Waals surface area contributed by atoms with Gasteiger partial charge in [-0.2, -0.15) is 0 Å². The summed E-state index contributed by atoms with van der Waals surface area (Å²) >= 11 is 0. The normalized spacial score (nSPS) is 36.4. The van der Waals surface area contributed by atoms with E-state index in [1.54, 1.807) is 0 Å². The van der Waals surface area contributed by atoms with Crippen LogP contribution < -0.4 is 5.32 Å². The van der Waals surface area contributed by atoms with E-state index in [0.717, 1.165) is 48.6 Å². The first-order valence-corrected chi connectivity index (χ1v) is 10.6. The summed E-state index contributed by atoms with van der Waals surface area (Å²) in [5.74, 6) is 2.91. The first-order chi connectivity index (χ1) is 12.6. The third-order valence-corrected chi connectivity index (χ3v) is 7.44. The fourth-order valence-corrected chi connectivity index (χ4v) is 6.66. The molecule has 0 atom stereocenters. The van der Waals surface area contributed by atoms with Crippen molar-refractivity contribution in [2.75, 3.05) is 13.1 Å². The molecular weight excluding hydrogens is 326 g/mol. The lowest BCUT2D eigenvalue weighted by Gasteiger charge is -2.56. The number of hydrogen-bond donors (Lipinski definition) is 1. The summed E-state index contributed by atoms with van der Waals surface area (Å²) in [6, 6.07) is 0. The topological polar surface area (TPSA) is 58.4 Å². The molecule has 4 bridgehead atoms. The lowest BCUT2D eigenvalue weighted by atomic mass is 9.53. The van der Waals surface area contributed by atoms with Crippen molar-refractivity contribution in [3.05, 3.63) is 17.0 Å². The minimum atomic E-state index is -0.0282. The fourth-order valence-electron chi connectivity index (χ4n) is 6.66. The van der Waals surface area contributed by atoms with Gasteiger partial charge in [0.1, 0.15) is 0 Å². The molecule has 5 heteroatoms. The van der Waals surface area contributed by atoms with Crippen LogP contribution in [0.5, 0.6) is 0 Å². The molecule has 26 heavy (non-hydrogen) atoms. The van der Waals surface area contributed by atoms with Gasteiger partial charge in [-0.15, -0.1) is 0 Å². The SMILES string of the molecule is Cc1noc(C(=O)NC23CC4CC(CC(C4)C2)C3)c1CN1CCCCC1. The number of amides is 1. The minimum absolute atomic E-state index is 0.0227. The first-order valence-electron chi connectivity index (χ1n) is 10.6. The molecule has 4 aliphatic carbocycles. The van der Waals surface area contributed by atoms with Crippen LogP contribution in [-0.2, 0) is 6.54 Å². The Balaban J connectivity index is 1.33. The second-order valence-corrected chi connectivity index (χ2v) is 9.56. The predicted octanol–water partition coefficient (Wildman–Crippen LogP) is 3.67. The van der Waals surface area contributed by atoms with Gasteiger partial charge < -0.3 is 9.84 Å². The maximum Gasteiger partial charge on any atom is 0.290 e. The molecule has 1 aromatic heterocycles. The van der Waals surface area contributed by atoms with E-state index in [1.807, 2.05) is 6.92 Å². The highest BCUT2D eigenvalue weighted by molar-refractivity contribution is 5.93. The standard InChI is InChI=1S/C21H31N3O2/c1-14-18(13-24-5-3-2-4-6-24)19(26-23-14)20(25)22-21-10-15-7-16(11-21)9-17(8-15)12-21/h15-17H,2-13H2,1H3,(H,22,25). The maximum atomic E-state index is 13.1. The zero-order chi connectivity index (χ0) is 17.7. The minimum Gasteiger partial charge on any atom is -0.350 e. The van der Waals surface area contributed by atoms with Crippen molar-refractivity contribution in [3.63, 3.8) is 0 Å². The molecule has 1 aromatic rings. The third-order valence-electron chi connectivity index (χ3n) is 7.44. The van der Waals surface area contributed by atoms with Gasteiger partial charge in [0.15, 0.2) is 0 Å². The molecule has 1 N–H and O–H groups in total. The maximum absolute atomic E-state index is 13.1. The van der Waals surface area contributed by atoms with E-state index < -0.39 is 0 Å². The van der Waals surface area contributed by atoms with E-state index in [2.05, 4.69) is 15.4 Å². The Hall–Kier alpha value is -1.36. The zero-order valence-corrected chi connectivity index (χ0v) is 15.9. The van der Waals surface area contributed by atoms with Gasteiger partial charge in [-0.1, -0.05) is 11.6 Å². The average molecular weight is 357 g/mol. The summed E-state index contributed by atoms with van der Waals surface area (Å²) in [5, 5.41) is 7.58. The molecule has 0 radical (unpaired) electrons. The number of carbonyl (C=O) groups excluding carboxylic acids is 1. The number of aryl methyl sites for hydroxylation is 1. The second-order valence-electron chi connectivity index (χ2n) is 9.56. The van der Waals surface area contributed by atoms with E-state index in [1.165, 1.54) is 57.8 Å². The van der Waals surface area contributed by atoms with E-state index in [4.69, 9.17) is 4.52 Å². The van der Waals surface area contributed by atoms with Crippen LogP contribution in [0.25, 0.3) is 0 Å². The van der Waals surface area contributed by atoms with Crippen molar-refractivity contribution in [1.82, 2.24) is 15.4 Å². The summed E-state index contributed by atoms with van der Waals surface area (Å²) < 4.78 is 5.52. The van der Waals surface area contributed by atoms with Gasteiger partial charge in [-0.25, -0.2) is 0 Å². The highest BCUT2D eigenvalue weighted by Crippen LogP contribution is 2.55. The van der Waals surface area contributed by atoms with Crippen molar-refractivity contribution >= 4 is 5.91 Å². The molecule has 0 spiro atoms. The molecule has 4 saturated carbocycles. The van der Waals surface area contributed by atoms with Crippen molar-refractivity contribution in [2.24, 2.45) is 17.8 Å². The number of nitrogens with zero attached hydrogens (tertiary/aromatic N) is 2. The Morgan fingerprint density at radius 3 is 2.35 bits per heavy atom. The Morgan fingerprint density at radius 2 is 1.73 bits per heavy atom. The van der Waals surface area contributed by atoms with Gasteiger partial charge in [0, 0.05) is 17.6 Å². The third kappa shape index (κ3) is 2.98. The van der Waals surface area contributed by atoms with Gasteiger partial charge >= 0.3 is 0 Å². The molecule has 0 unspecified atom stereocenters. The highest BCUT2D eigenvalue weighted by Gasteiger charge is 2.51. The molecule has 0 aromatic carbocycles. The van der Waals surface area contributed by atoms with E-state index in [0.29, 0.717) is 5.76 Å². The van der Waals surface area contributed by atoms with Crippen LogP contribution >= 0.6 is 0 Å². The number of nitrogens with one attached hydrogen (secondary N) is 1. The van der Waals surface area contributed by atoms with Crippen LogP contribution in [0.4, 0.5) is 0 Å². The fraction of sp³-hybridized carbons (Fsp3) is 0.810. The van der Waals surface area contributed by atoms with Gasteiger partial charge in [0.2, 0.25) is 5.76 Å². The van der Waals surface area contributed by atoms with Crippen molar-refractivity contribution in [2.45, 2.75) is 76.8 Å². The van der Waals surface area contributed by atoms with Crippen LogP contribution in [0.2, 0.25) is 0 Å². The molecule has 5 aliphatic rings. The van der Waals surface area contributed by atoms with Crippen LogP contribution in [-0.4, -0.2) is 34.6 Å². The monoisotopic (exact) mass is 357 g/mol. The number of hydrogen-bond acceptors (Lipinski definition) is 4. The highest BCUT2D eigenvalue weighted by atomic mass is 16.5. The van der Waals surface area contributed by atoms with Crippen molar-refractivity contribution in [3.8, 4) is 0 Å². The molecule has 1 aliphatic heterocycles. The lowest BCUT2D eigenvalue weighted by molar-refractivity contribution is -0.0172. The van der Waals surface area contributed by atoms with Gasteiger partial charge in [-0.05, 0) is 89.1 Å². The smallest absolute Gasteiger partial charge is 0.290 e. The largest absolute Gasteiger partial charge is 0.350 e. The molecule has 5 nitrogen and oxygen atoms in total. The number of likely N-dealkylation sites (tertiary alicyclic amines) is 1. The van der Waals surface area contributed by atoms with Crippen molar-refractivity contribution in [1.29, 1.82) is 0 Å². The van der Waals surface area contributed by atoms with E-state index >= 15 is 0 Å². The molecule has 1 saturated heterocycles. The van der Waals surface area contributed by atoms with Crippen molar-refractivity contribution < 1.29 is 9.32 Å². The molecule has 5 fully saturated rings. The molecular formula is C21H31N3O2. The molecule has 6 rings (SSSR count). The van der Waals surface area contributed by atoms with Crippen LogP contribution in [0.15, 0.2) is 4.52 Å². The number of rotatable bonds is 4. The van der Waals surface area contributed by atoms with Gasteiger partial charge in [0.05, 0.1) is 5.69 Å². The number of carbonyl (C=O) groups is 1. The molecule has 142 valence electrons. The summed E-state index contributed by atoms with van der Waals surface area (Å²) in [7, 11) is 0. The van der Waals surface area contributed by atoms with Crippen LogP contribution in [0.3, 0.4) is 0 Å². The Labute approximate surface area is 155 Å². The summed E-state index contributed by atoms with van der Waals surface area (Å²) in [6.45, 7) is 4.98. The van der Waals surface area contributed by atoms with Crippen LogP contribution in [0.1, 0.15) is 79.6 Å². The Morgan fingerprint density at radius 1 is 1.12 bits per heavy atom. The Kier molecular flexibility index (Phi) is 4.11. The van der Waals surface area contributed by atoms with Gasteiger partial charge in [0.25, 0.3) is 5.91 Å². The molecule has 1 amide bonds.